The van der Waals surface area contributed by atoms with Gasteiger partial charge in [0.1, 0.15) is 0 Å². The van der Waals surface area contributed by atoms with Crippen LogP contribution in [-0.2, 0) is 0 Å². The van der Waals surface area contributed by atoms with Crippen molar-refractivity contribution in [2.24, 2.45) is 11.7 Å². The largest absolute Gasteiger partial charge is 0.336 e. The molecule has 0 saturated heterocycles. The zero-order valence-corrected chi connectivity index (χ0v) is 11.4. The van der Waals surface area contributed by atoms with Crippen LogP contribution in [0, 0.1) is 12.8 Å². The van der Waals surface area contributed by atoms with Gasteiger partial charge in [0.05, 0.1) is 0 Å². The van der Waals surface area contributed by atoms with Crippen LogP contribution in [-0.4, -0.2) is 18.6 Å². The zero-order chi connectivity index (χ0) is 13.5. The van der Waals surface area contributed by atoms with Crippen molar-refractivity contribution in [3.8, 4) is 0 Å². The molecule has 0 heterocycles. The zero-order valence-electron chi connectivity index (χ0n) is 11.4. The summed E-state index contributed by atoms with van der Waals surface area (Å²) in [6.45, 7) is 6.74. The molecule has 0 radical (unpaired) electrons. The van der Waals surface area contributed by atoms with Crippen LogP contribution < -0.4 is 16.4 Å². The Hall–Kier alpha value is -1.55. The lowest BCUT2D eigenvalue weighted by Gasteiger charge is -2.15. The maximum absolute atomic E-state index is 11.6. The van der Waals surface area contributed by atoms with Gasteiger partial charge in [-0.2, -0.15) is 0 Å². The number of nitrogens with one attached hydrogen (secondary N) is 2. The van der Waals surface area contributed by atoms with Crippen LogP contribution in [0.4, 0.5) is 10.5 Å². The van der Waals surface area contributed by atoms with E-state index in [0.29, 0.717) is 12.5 Å². The Morgan fingerprint density at radius 1 is 1.28 bits per heavy atom. The van der Waals surface area contributed by atoms with Crippen molar-refractivity contribution in [3.63, 3.8) is 0 Å². The number of hydrogen-bond acceptors (Lipinski definition) is 2. The summed E-state index contributed by atoms with van der Waals surface area (Å²) < 4.78 is 0. The molecule has 1 rings (SSSR count). The Bertz CT molecular complexity index is 373. The fraction of sp³-hybridized carbons (Fsp3) is 0.500. The molecule has 0 spiro atoms. The van der Waals surface area contributed by atoms with Gasteiger partial charge in [0.2, 0.25) is 0 Å². The third-order valence-electron chi connectivity index (χ3n) is 2.61. The van der Waals surface area contributed by atoms with E-state index in [1.54, 1.807) is 0 Å². The van der Waals surface area contributed by atoms with E-state index < -0.39 is 0 Å². The van der Waals surface area contributed by atoms with Crippen LogP contribution >= 0.6 is 0 Å². The third kappa shape index (κ3) is 5.68. The summed E-state index contributed by atoms with van der Waals surface area (Å²) >= 11 is 0. The third-order valence-corrected chi connectivity index (χ3v) is 2.61. The number of aryl methyl sites for hydroxylation is 1. The Morgan fingerprint density at radius 2 is 1.89 bits per heavy atom. The van der Waals surface area contributed by atoms with E-state index in [-0.39, 0.29) is 12.1 Å². The molecule has 0 aliphatic heterocycles. The van der Waals surface area contributed by atoms with Crippen molar-refractivity contribution in [2.45, 2.75) is 33.2 Å². The Kier molecular flexibility index (Phi) is 5.65. The van der Waals surface area contributed by atoms with Crippen molar-refractivity contribution in [2.75, 3.05) is 11.9 Å². The summed E-state index contributed by atoms with van der Waals surface area (Å²) in [6.07, 6.45) is 0.908. The van der Waals surface area contributed by atoms with Crippen molar-refractivity contribution < 1.29 is 4.79 Å². The molecule has 1 aromatic carbocycles. The molecule has 0 aliphatic rings. The highest BCUT2D eigenvalue weighted by atomic mass is 16.2. The molecule has 4 heteroatoms. The van der Waals surface area contributed by atoms with E-state index >= 15 is 0 Å². The lowest BCUT2D eigenvalue weighted by Crippen LogP contribution is -2.39. The first-order valence-electron chi connectivity index (χ1n) is 6.34. The molecular weight excluding hydrogens is 226 g/mol. The summed E-state index contributed by atoms with van der Waals surface area (Å²) in [5.74, 6) is 0.543. The molecule has 0 fully saturated rings. The number of amides is 2. The molecule has 4 nitrogen and oxygen atoms in total. The smallest absolute Gasteiger partial charge is 0.319 e. The number of benzene rings is 1. The van der Waals surface area contributed by atoms with Crippen molar-refractivity contribution >= 4 is 11.7 Å². The number of hydrogen-bond donors (Lipinski definition) is 3. The first kappa shape index (κ1) is 14.5. The summed E-state index contributed by atoms with van der Waals surface area (Å²) in [5, 5.41) is 5.55. The predicted molar refractivity (Wildman–Crippen MR) is 75.6 cm³/mol. The fourth-order valence-corrected chi connectivity index (χ4v) is 1.72. The molecule has 0 bridgehead atoms. The molecule has 0 aliphatic carbocycles. The molecule has 2 amide bonds. The summed E-state index contributed by atoms with van der Waals surface area (Å²) in [5.41, 5.74) is 7.85. The summed E-state index contributed by atoms with van der Waals surface area (Å²) in [7, 11) is 0. The second kappa shape index (κ2) is 7.01. The average Bonchev–Trinajstić information content (AvgIpc) is 2.29. The Morgan fingerprint density at radius 3 is 2.44 bits per heavy atom. The number of anilines is 1. The van der Waals surface area contributed by atoms with Gasteiger partial charge in [-0.3, -0.25) is 0 Å². The second-order valence-corrected chi connectivity index (χ2v) is 5.09. The number of carbonyl (C=O) groups is 1. The lowest BCUT2D eigenvalue weighted by molar-refractivity contribution is 0.251. The standard InChI is InChI=1S/C14H23N3O/c1-10(2)8-12(15)9-16-14(18)17-13-6-4-11(3)5-7-13/h4-7,10,12H,8-9,15H2,1-3H3,(H2,16,17,18). The topological polar surface area (TPSA) is 67.2 Å². The van der Waals surface area contributed by atoms with Gasteiger partial charge in [-0.05, 0) is 31.4 Å². The molecule has 18 heavy (non-hydrogen) atoms. The second-order valence-electron chi connectivity index (χ2n) is 5.09. The van der Waals surface area contributed by atoms with Gasteiger partial charge in [-0.1, -0.05) is 31.5 Å². The van der Waals surface area contributed by atoms with Crippen LogP contribution in [0.15, 0.2) is 24.3 Å². The summed E-state index contributed by atoms with van der Waals surface area (Å²) in [6, 6.07) is 7.47. The minimum Gasteiger partial charge on any atom is -0.336 e. The van der Waals surface area contributed by atoms with Crippen LogP contribution in [0.3, 0.4) is 0 Å². The van der Waals surface area contributed by atoms with Crippen molar-refractivity contribution in [1.82, 2.24) is 5.32 Å². The van der Waals surface area contributed by atoms with E-state index in [4.69, 9.17) is 5.73 Å². The minimum atomic E-state index is -0.210. The van der Waals surface area contributed by atoms with Gasteiger partial charge in [0, 0.05) is 18.3 Å². The van der Waals surface area contributed by atoms with Crippen LogP contribution in [0.1, 0.15) is 25.8 Å². The van der Waals surface area contributed by atoms with E-state index in [2.05, 4.69) is 24.5 Å². The monoisotopic (exact) mass is 249 g/mol. The van der Waals surface area contributed by atoms with Crippen LogP contribution in [0.5, 0.6) is 0 Å². The van der Waals surface area contributed by atoms with Gasteiger partial charge < -0.3 is 16.4 Å². The van der Waals surface area contributed by atoms with Crippen molar-refractivity contribution in [3.05, 3.63) is 29.8 Å². The molecular formula is C14H23N3O. The fourth-order valence-electron chi connectivity index (χ4n) is 1.72. The highest BCUT2D eigenvalue weighted by molar-refractivity contribution is 5.89. The first-order chi connectivity index (χ1) is 8.47. The maximum atomic E-state index is 11.6. The highest BCUT2D eigenvalue weighted by Crippen LogP contribution is 2.08. The van der Waals surface area contributed by atoms with Gasteiger partial charge in [-0.15, -0.1) is 0 Å². The summed E-state index contributed by atoms with van der Waals surface area (Å²) in [4.78, 5) is 11.6. The molecule has 0 aromatic heterocycles. The lowest BCUT2D eigenvalue weighted by atomic mass is 10.0. The van der Waals surface area contributed by atoms with E-state index in [0.717, 1.165) is 12.1 Å². The average molecular weight is 249 g/mol. The first-order valence-corrected chi connectivity index (χ1v) is 6.34. The van der Waals surface area contributed by atoms with Crippen molar-refractivity contribution in [1.29, 1.82) is 0 Å². The minimum absolute atomic E-state index is 0.00812. The number of rotatable bonds is 5. The molecule has 1 atom stereocenters. The van der Waals surface area contributed by atoms with Crippen LogP contribution in [0.2, 0.25) is 0 Å². The van der Waals surface area contributed by atoms with Crippen LogP contribution in [0.25, 0.3) is 0 Å². The molecule has 0 saturated carbocycles. The van der Waals surface area contributed by atoms with E-state index in [1.807, 2.05) is 31.2 Å². The van der Waals surface area contributed by atoms with E-state index in [9.17, 15) is 4.79 Å². The van der Waals surface area contributed by atoms with Gasteiger partial charge in [0.15, 0.2) is 0 Å². The maximum Gasteiger partial charge on any atom is 0.319 e. The van der Waals surface area contributed by atoms with Gasteiger partial charge >= 0.3 is 6.03 Å². The Balaban J connectivity index is 2.31. The number of carbonyl (C=O) groups excluding carboxylic acids is 1. The Labute approximate surface area is 109 Å². The normalized spacial score (nSPS) is 12.3. The molecule has 1 unspecified atom stereocenters. The van der Waals surface area contributed by atoms with Gasteiger partial charge in [-0.25, -0.2) is 4.79 Å². The highest BCUT2D eigenvalue weighted by Gasteiger charge is 2.07. The number of urea groups is 1. The predicted octanol–water partition coefficient (Wildman–Crippen LogP) is 2.49. The number of nitrogens with two attached hydrogens (primary N) is 1. The molecule has 4 N–H and O–H groups in total. The van der Waals surface area contributed by atoms with E-state index in [1.165, 1.54) is 5.56 Å². The SMILES string of the molecule is Cc1ccc(NC(=O)NCC(N)CC(C)C)cc1. The quantitative estimate of drug-likeness (QED) is 0.750. The van der Waals surface area contributed by atoms with Gasteiger partial charge in [0.25, 0.3) is 0 Å². The molecule has 1 aromatic rings. The molecule has 100 valence electrons.